The van der Waals surface area contributed by atoms with Crippen LogP contribution < -0.4 is 11.1 Å². The molecule has 0 aromatic carbocycles. The SMILES string of the molecule is Cc1nc(CCNc2nnc(C)c(C)c2C(N)=S)no1. The fourth-order valence-electron chi connectivity index (χ4n) is 1.77. The Hall–Kier alpha value is -2.09. The third-order valence-corrected chi connectivity index (χ3v) is 3.12. The Morgan fingerprint density at radius 1 is 1.30 bits per heavy atom. The van der Waals surface area contributed by atoms with E-state index in [-0.39, 0.29) is 0 Å². The molecular weight excluding hydrogens is 276 g/mol. The Balaban J connectivity index is 2.09. The summed E-state index contributed by atoms with van der Waals surface area (Å²) in [6.07, 6.45) is 0.614. The zero-order chi connectivity index (χ0) is 14.7. The van der Waals surface area contributed by atoms with E-state index in [1.54, 1.807) is 6.92 Å². The zero-order valence-corrected chi connectivity index (χ0v) is 12.4. The highest BCUT2D eigenvalue weighted by Gasteiger charge is 2.13. The molecule has 0 saturated carbocycles. The molecule has 7 nitrogen and oxygen atoms in total. The molecule has 0 aliphatic heterocycles. The molecule has 0 saturated heterocycles. The summed E-state index contributed by atoms with van der Waals surface area (Å²) in [7, 11) is 0. The third kappa shape index (κ3) is 3.08. The molecule has 0 aliphatic carbocycles. The Morgan fingerprint density at radius 3 is 2.65 bits per heavy atom. The molecule has 0 aliphatic rings. The van der Waals surface area contributed by atoms with E-state index >= 15 is 0 Å². The highest BCUT2D eigenvalue weighted by atomic mass is 32.1. The van der Waals surface area contributed by atoms with Crippen LogP contribution in [0.25, 0.3) is 0 Å². The number of anilines is 1. The van der Waals surface area contributed by atoms with E-state index in [0.29, 0.717) is 35.5 Å². The van der Waals surface area contributed by atoms with Gasteiger partial charge in [-0.2, -0.15) is 10.1 Å². The average Bonchev–Trinajstić information content (AvgIpc) is 2.79. The van der Waals surface area contributed by atoms with E-state index in [9.17, 15) is 0 Å². The third-order valence-electron chi connectivity index (χ3n) is 2.91. The lowest BCUT2D eigenvalue weighted by Gasteiger charge is -2.12. The lowest BCUT2D eigenvalue weighted by atomic mass is 10.1. The second kappa shape index (κ2) is 5.91. The van der Waals surface area contributed by atoms with E-state index in [4.69, 9.17) is 22.5 Å². The van der Waals surface area contributed by atoms with Gasteiger partial charge in [-0.1, -0.05) is 17.4 Å². The van der Waals surface area contributed by atoms with Crippen LogP contribution in [-0.2, 0) is 6.42 Å². The van der Waals surface area contributed by atoms with Gasteiger partial charge in [0.15, 0.2) is 11.6 Å². The number of aryl methyl sites for hydroxylation is 2. The number of nitrogens with zero attached hydrogens (tertiary/aromatic N) is 4. The monoisotopic (exact) mass is 292 g/mol. The zero-order valence-electron chi connectivity index (χ0n) is 11.6. The van der Waals surface area contributed by atoms with E-state index in [1.807, 2.05) is 13.8 Å². The van der Waals surface area contributed by atoms with Crippen molar-refractivity contribution in [1.82, 2.24) is 20.3 Å². The van der Waals surface area contributed by atoms with Crippen molar-refractivity contribution in [3.63, 3.8) is 0 Å². The van der Waals surface area contributed by atoms with Gasteiger partial charge >= 0.3 is 0 Å². The van der Waals surface area contributed by atoms with Crippen LogP contribution in [0.2, 0.25) is 0 Å². The van der Waals surface area contributed by atoms with Crippen LogP contribution in [0.3, 0.4) is 0 Å². The first-order valence-corrected chi connectivity index (χ1v) is 6.56. The van der Waals surface area contributed by atoms with Gasteiger partial charge in [-0.3, -0.25) is 0 Å². The molecule has 0 radical (unpaired) electrons. The van der Waals surface area contributed by atoms with E-state index in [1.165, 1.54) is 0 Å². The first-order valence-electron chi connectivity index (χ1n) is 6.15. The predicted octanol–water partition coefficient (Wildman–Crippen LogP) is 1.07. The number of hydrogen-bond donors (Lipinski definition) is 2. The van der Waals surface area contributed by atoms with E-state index in [2.05, 4.69) is 25.7 Å². The molecule has 8 heteroatoms. The predicted molar refractivity (Wildman–Crippen MR) is 78.6 cm³/mol. The number of nitrogens with two attached hydrogens (primary N) is 1. The van der Waals surface area contributed by atoms with Crippen molar-refractivity contribution in [3.8, 4) is 0 Å². The van der Waals surface area contributed by atoms with Crippen LogP contribution in [0.5, 0.6) is 0 Å². The summed E-state index contributed by atoms with van der Waals surface area (Å²) in [5.41, 5.74) is 8.24. The van der Waals surface area contributed by atoms with Gasteiger partial charge in [-0.25, -0.2) is 0 Å². The van der Waals surface area contributed by atoms with Gasteiger partial charge in [-0.05, 0) is 19.4 Å². The van der Waals surface area contributed by atoms with Gasteiger partial charge in [0.05, 0.1) is 11.3 Å². The molecule has 0 bridgehead atoms. The first-order chi connectivity index (χ1) is 9.49. The lowest BCUT2D eigenvalue weighted by molar-refractivity contribution is 0.387. The summed E-state index contributed by atoms with van der Waals surface area (Å²) >= 11 is 5.07. The summed E-state index contributed by atoms with van der Waals surface area (Å²) in [5, 5.41) is 15.2. The first kappa shape index (κ1) is 14.3. The molecule has 2 heterocycles. The standard InChI is InChI=1S/C12H16N6OS/c1-6-7(2)16-17-12(10(6)11(13)20)14-5-4-9-15-8(3)19-18-9/h4-5H2,1-3H3,(H2,13,20)(H,14,17). The summed E-state index contributed by atoms with van der Waals surface area (Å²) in [6, 6.07) is 0. The van der Waals surface area contributed by atoms with Crippen molar-refractivity contribution in [2.45, 2.75) is 27.2 Å². The topological polar surface area (TPSA) is 103 Å². The molecule has 106 valence electrons. The van der Waals surface area contributed by atoms with Crippen LogP contribution in [0, 0.1) is 20.8 Å². The van der Waals surface area contributed by atoms with E-state index in [0.717, 1.165) is 16.8 Å². The molecule has 0 amide bonds. The normalized spacial score (nSPS) is 10.6. The quantitative estimate of drug-likeness (QED) is 0.789. The van der Waals surface area contributed by atoms with Gasteiger partial charge in [0, 0.05) is 19.9 Å². The van der Waals surface area contributed by atoms with Gasteiger partial charge in [-0.15, -0.1) is 5.10 Å². The summed E-state index contributed by atoms with van der Waals surface area (Å²) in [6.45, 7) is 6.14. The Morgan fingerprint density at radius 2 is 2.05 bits per heavy atom. The summed E-state index contributed by atoms with van der Waals surface area (Å²) in [4.78, 5) is 4.43. The van der Waals surface area contributed by atoms with Gasteiger partial charge in [0.2, 0.25) is 5.89 Å². The van der Waals surface area contributed by atoms with Gasteiger partial charge in [0.1, 0.15) is 4.99 Å². The highest BCUT2D eigenvalue weighted by molar-refractivity contribution is 7.80. The molecule has 0 spiro atoms. The summed E-state index contributed by atoms with van der Waals surface area (Å²) in [5.74, 6) is 1.78. The molecule has 0 atom stereocenters. The summed E-state index contributed by atoms with van der Waals surface area (Å²) < 4.78 is 4.91. The van der Waals surface area contributed by atoms with Crippen molar-refractivity contribution in [3.05, 3.63) is 28.5 Å². The molecule has 0 unspecified atom stereocenters. The number of hydrogen-bond acceptors (Lipinski definition) is 7. The van der Waals surface area contributed by atoms with Crippen molar-refractivity contribution in [2.75, 3.05) is 11.9 Å². The maximum Gasteiger partial charge on any atom is 0.223 e. The fourth-order valence-corrected chi connectivity index (χ4v) is 2.02. The minimum Gasteiger partial charge on any atom is -0.389 e. The molecular formula is C12H16N6OS. The molecule has 20 heavy (non-hydrogen) atoms. The lowest BCUT2D eigenvalue weighted by Crippen LogP contribution is -2.19. The molecule has 3 N–H and O–H groups in total. The van der Waals surface area contributed by atoms with E-state index < -0.39 is 0 Å². The van der Waals surface area contributed by atoms with Crippen molar-refractivity contribution < 1.29 is 4.52 Å². The minimum absolute atomic E-state index is 0.304. The number of rotatable bonds is 5. The maximum absolute atomic E-state index is 5.75. The highest BCUT2D eigenvalue weighted by Crippen LogP contribution is 2.18. The van der Waals surface area contributed by atoms with Crippen LogP contribution in [0.15, 0.2) is 4.52 Å². The van der Waals surface area contributed by atoms with Crippen molar-refractivity contribution >= 4 is 23.0 Å². The Bertz CT molecular complexity index is 639. The second-order valence-corrected chi connectivity index (χ2v) is 4.84. The number of aromatic nitrogens is 4. The molecule has 2 aromatic rings. The Kier molecular flexibility index (Phi) is 4.23. The smallest absolute Gasteiger partial charge is 0.223 e. The largest absolute Gasteiger partial charge is 0.389 e. The minimum atomic E-state index is 0.304. The van der Waals surface area contributed by atoms with Crippen LogP contribution in [0.4, 0.5) is 5.82 Å². The molecule has 0 fully saturated rings. The van der Waals surface area contributed by atoms with Crippen LogP contribution >= 0.6 is 12.2 Å². The Labute approximate surface area is 122 Å². The molecule has 2 aromatic heterocycles. The van der Waals surface area contributed by atoms with Crippen LogP contribution in [0.1, 0.15) is 28.5 Å². The molecule has 2 rings (SSSR count). The van der Waals surface area contributed by atoms with Gasteiger partial charge < -0.3 is 15.6 Å². The number of thiocarbonyl (C=S) groups is 1. The van der Waals surface area contributed by atoms with Crippen LogP contribution in [-0.4, -0.2) is 31.9 Å². The van der Waals surface area contributed by atoms with Crippen molar-refractivity contribution in [1.29, 1.82) is 0 Å². The van der Waals surface area contributed by atoms with Crippen molar-refractivity contribution in [2.24, 2.45) is 5.73 Å². The van der Waals surface area contributed by atoms with Gasteiger partial charge in [0.25, 0.3) is 0 Å². The fraction of sp³-hybridized carbons (Fsp3) is 0.417. The number of nitrogens with one attached hydrogen (secondary N) is 1. The second-order valence-electron chi connectivity index (χ2n) is 4.40. The maximum atomic E-state index is 5.75. The average molecular weight is 292 g/mol.